The zero-order valence-electron chi connectivity index (χ0n) is 15.5. The number of carbonyl (C=O) groups is 1. The molecular formula is C23H25ClO2P+. The van der Waals surface area contributed by atoms with Crippen LogP contribution in [-0.2, 0) is 9.53 Å². The second-order valence-electron chi connectivity index (χ2n) is 6.10. The van der Waals surface area contributed by atoms with Gasteiger partial charge < -0.3 is 4.74 Å². The average Bonchev–Trinajstić information content (AvgIpc) is 2.71. The standard InChI is InChI=1S/C23H24O2P.ClH/c1-2-25-23(24)18-19-26(20-12-6-3-7-13-20,21-14-8-4-9-15-21)22-16-10-5-11-17-22;/h3-17H,2,18-19H2,1H3;1H/q+1;. The van der Waals surface area contributed by atoms with Gasteiger partial charge in [-0.3, -0.25) is 4.79 Å². The van der Waals surface area contributed by atoms with E-state index in [9.17, 15) is 4.79 Å². The average molecular weight is 400 g/mol. The number of carbonyl (C=O) groups excluding carboxylic acids is 1. The summed E-state index contributed by atoms with van der Waals surface area (Å²) in [5, 5.41) is 3.88. The second-order valence-corrected chi connectivity index (χ2v) is 9.71. The Hall–Kier alpha value is -2.15. The molecule has 140 valence electrons. The fourth-order valence-corrected chi connectivity index (χ4v) is 7.60. The van der Waals surface area contributed by atoms with Crippen molar-refractivity contribution >= 4 is 41.6 Å². The van der Waals surface area contributed by atoms with E-state index in [1.807, 2.05) is 25.1 Å². The molecule has 0 fully saturated rings. The molecule has 0 aromatic heterocycles. The van der Waals surface area contributed by atoms with E-state index >= 15 is 0 Å². The third-order valence-corrected chi connectivity index (χ3v) is 8.98. The molecular weight excluding hydrogens is 375 g/mol. The minimum atomic E-state index is -1.93. The molecule has 0 N–H and O–H groups in total. The summed E-state index contributed by atoms with van der Waals surface area (Å²) in [7, 11) is -1.93. The van der Waals surface area contributed by atoms with E-state index in [1.165, 1.54) is 15.9 Å². The van der Waals surface area contributed by atoms with E-state index in [0.29, 0.717) is 13.0 Å². The number of hydrogen-bond donors (Lipinski definition) is 0. The molecule has 0 amide bonds. The Morgan fingerprint density at radius 2 is 1.11 bits per heavy atom. The number of hydrogen-bond acceptors (Lipinski definition) is 2. The predicted molar refractivity (Wildman–Crippen MR) is 119 cm³/mol. The van der Waals surface area contributed by atoms with E-state index in [1.54, 1.807) is 0 Å². The van der Waals surface area contributed by atoms with Gasteiger partial charge in [0.1, 0.15) is 23.2 Å². The molecule has 4 heteroatoms. The summed E-state index contributed by atoms with van der Waals surface area (Å²) < 4.78 is 5.22. The molecule has 0 aliphatic rings. The topological polar surface area (TPSA) is 26.3 Å². The maximum absolute atomic E-state index is 12.2. The van der Waals surface area contributed by atoms with Gasteiger partial charge in [0, 0.05) is 0 Å². The Kier molecular flexibility index (Phi) is 8.03. The molecule has 0 saturated carbocycles. The Labute approximate surface area is 168 Å². The first kappa shape index (κ1) is 21.2. The van der Waals surface area contributed by atoms with Crippen LogP contribution in [0.5, 0.6) is 0 Å². The molecule has 0 bridgehead atoms. The molecule has 3 aromatic rings. The van der Waals surface area contributed by atoms with E-state index in [4.69, 9.17) is 4.74 Å². The van der Waals surface area contributed by atoms with E-state index in [2.05, 4.69) is 72.8 Å². The second kappa shape index (κ2) is 10.3. The van der Waals surface area contributed by atoms with Gasteiger partial charge in [0.05, 0.1) is 19.2 Å². The van der Waals surface area contributed by atoms with Crippen LogP contribution in [0.15, 0.2) is 91.0 Å². The van der Waals surface area contributed by atoms with Crippen LogP contribution in [-0.4, -0.2) is 18.7 Å². The highest BCUT2D eigenvalue weighted by molar-refractivity contribution is 7.95. The van der Waals surface area contributed by atoms with Crippen molar-refractivity contribution in [3.63, 3.8) is 0 Å². The first-order valence-electron chi connectivity index (χ1n) is 8.98. The molecule has 0 aliphatic heterocycles. The first-order chi connectivity index (χ1) is 12.8. The highest BCUT2D eigenvalue weighted by Gasteiger charge is 2.45. The molecule has 0 unspecified atom stereocenters. The van der Waals surface area contributed by atoms with Gasteiger partial charge in [0.2, 0.25) is 0 Å². The fraction of sp³-hybridized carbons (Fsp3) is 0.174. The van der Waals surface area contributed by atoms with Crippen molar-refractivity contribution in [1.29, 1.82) is 0 Å². The normalized spacial score (nSPS) is 10.7. The van der Waals surface area contributed by atoms with Crippen LogP contribution < -0.4 is 15.9 Å². The highest BCUT2D eigenvalue weighted by atomic mass is 35.5. The Bertz CT molecular complexity index is 726. The molecule has 0 aliphatic carbocycles. The van der Waals surface area contributed by atoms with Crippen LogP contribution in [0, 0.1) is 0 Å². The summed E-state index contributed by atoms with van der Waals surface area (Å²) in [6.45, 7) is 2.28. The van der Waals surface area contributed by atoms with Crippen LogP contribution in [0.4, 0.5) is 0 Å². The monoisotopic (exact) mass is 399 g/mol. The van der Waals surface area contributed by atoms with Gasteiger partial charge in [-0.2, -0.15) is 0 Å². The summed E-state index contributed by atoms with van der Waals surface area (Å²) in [6.07, 6.45) is 1.18. The lowest BCUT2D eigenvalue weighted by atomic mass is 10.3. The van der Waals surface area contributed by atoms with Crippen LogP contribution in [0.1, 0.15) is 13.3 Å². The zero-order valence-corrected chi connectivity index (χ0v) is 17.2. The van der Waals surface area contributed by atoms with Crippen LogP contribution in [0.2, 0.25) is 0 Å². The SMILES string of the molecule is CCOC(=O)CC[P+](c1ccccc1)(c1ccccc1)c1ccccc1.Cl. The number of halogens is 1. The predicted octanol–water partition coefficient (Wildman–Crippen LogP) is 4.36. The maximum atomic E-state index is 12.2. The molecule has 27 heavy (non-hydrogen) atoms. The molecule has 3 aromatic carbocycles. The van der Waals surface area contributed by atoms with Crippen LogP contribution >= 0.6 is 19.7 Å². The lowest BCUT2D eigenvalue weighted by Gasteiger charge is -2.27. The van der Waals surface area contributed by atoms with Gasteiger partial charge in [0.25, 0.3) is 0 Å². The van der Waals surface area contributed by atoms with Crippen molar-refractivity contribution in [3.05, 3.63) is 91.0 Å². The van der Waals surface area contributed by atoms with Crippen molar-refractivity contribution in [2.24, 2.45) is 0 Å². The molecule has 2 nitrogen and oxygen atoms in total. The van der Waals surface area contributed by atoms with Crippen molar-refractivity contribution in [3.8, 4) is 0 Å². The highest BCUT2D eigenvalue weighted by Crippen LogP contribution is 2.55. The Morgan fingerprint density at radius 1 is 0.741 bits per heavy atom. The van der Waals surface area contributed by atoms with Gasteiger partial charge in [0.15, 0.2) is 0 Å². The molecule has 0 radical (unpaired) electrons. The van der Waals surface area contributed by atoms with Gasteiger partial charge in [-0.1, -0.05) is 54.6 Å². The zero-order chi connectivity index (χ0) is 18.2. The van der Waals surface area contributed by atoms with E-state index in [0.717, 1.165) is 6.16 Å². The Morgan fingerprint density at radius 3 is 1.44 bits per heavy atom. The first-order valence-corrected chi connectivity index (χ1v) is 11.0. The van der Waals surface area contributed by atoms with Gasteiger partial charge >= 0.3 is 5.97 Å². The summed E-state index contributed by atoms with van der Waals surface area (Å²) in [5.74, 6) is -0.125. The molecule has 0 spiro atoms. The lowest BCUT2D eigenvalue weighted by molar-refractivity contribution is -0.142. The summed E-state index contributed by atoms with van der Waals surface area (Å²) in [6, 6.07) is 31.8. The third-order valence-electron chi connectivity index (χ3n) is 4.55. The number of ether oxygens (including phenoxy) is 1. The maximum Gasteiger partial charge on any atom is 0.309 e. The number of rotatable bonds is 7. The fourth-order valence-electron chi connectivity index (χ4n) is 3.37. The largest absolute Gasteiger partial charge is 0.466 e. The van der Waals surface area contributed by atoms with Crippen molar-refractivity contribution in [1.82, 2.24) is 0 Å². The minimum absolute atomic E-state index is 0. The molecule has 0 saturated heterocycles. The number of esters is 1. The van der Waals surface area contributed by atoms with E-state index in [-0.39, 0.29) is 18.4 Å². The molecule has 3 rings (SSSR count). The van der Waals surface area contributed by atoms with Crippen molar-refractivity contribution < 1.29 is 9.53 Å². The summed E-state index contributed by atoms with van der Waals surface area (Å²) in [4.78, 5) is 12.2. The van der Waals surface area contributed by atoms with Crippen LogP contribution in [0.3, 0.4) is 0 Å². The van der Waals surface area contributed by atoms with E-state index < -0.39 is 7.26 Å². The van der Waals surface area contributed by atoms with Gasteiger partial charge in [-0.25, -0.2) is 0 Å². The molecule has 0 atom stereocenters. The third kappa shape index (κ3) is 4.77. The lowest BCUT2D eigenvalue weighted by Crippen LogP contribution is -2.34. The van der Waals surface area contributed by atoms with Crippen molar-refractivity contribution in [2.45, 2.75) is 13.3 Å². The van der Waals surface area contributed by atoms with Crippen molar-refractivity contribution in [2.75, 3.05) is 12.8 Å². The quantitative estimate of drug-likeness (QED) is 0.436. The minimum Gasteiger partial charge on any atom is -0.466 e. The summed E-state index contributed by atoms with van der Waals surface area (Å²) in [5.41, 5.74) is 0. The van der Waals surface area contributed by atoms with Gasteiger partial charge in [-0.05, 0) is 43.3 Å². The van der Waals surface area contributed by atoms with Gasteiger partial charge in [-0.15, -0.1) is 12.4 Å². The molecule has 0 heterocycles. The smallest absolute Gasteiger partial charge is 0.309 e. The number of benzene rings is 3. The Balaban J connectivity index is 0.00000261. The summed E-state index contributed by atoms with van der Waals surface area (Å²) >= 11 is 0. The van der Waals surface area contributed by atoms with Crippen LogP contribution in [0.25, 0.3) is 0 Å².